The van der Waals surface area contributed by atoms with Crippen molar-refractivity contribution in [2.24, 2.45) is 11.8 Å². The van der Waals surface area contributed by atoms with E-state index in [1.54, 1.807) is 6.07 Å². The fourth-order valence-electron chi connectivity index (χ4n) is 2.72. The number of hydrogen-bond acceptors (Lipinski definition) is 3. The van der Waals surface area contributed by atoms with Crippen LogP contribution in [-0.2, 0) is 4.79 Å². The zero-order chi connectivity index (χ0) is 14.5. The van der Waals surface area contributed by atoms with Gasteiger partial charge in [0.1, 0.15) is 0 Å². The molecule has 110 valence electrons. The number of nitrogens with one attached hydrogen (secondary N) is 1. The number of carbonyl (C=O) groups is 1. The number of rotatable bonds is 5. The molecule has 1 amide bonds. The van der Waals surface area contributed by atoms with Gasteiger partial charge in [-0.2, -0.15) is 0 Å². The van der Waals surface area contributed by atoms with Crippen LogP contribution in [0, 0.1) is 11.8 Å². The van der Waals surface area contributed by atoms with Crippen LogP contribution in [0.2, 0.25) is 0 Å². The Hall–Kier alpha value is -1.55. The molecule has 20 heavy (non-hydrogen) atoms. The summed E-state index contributed by atoms with van der Waals surface area (Å²) in [7, 11) is 0. The minimum Gasteiger partial charge on any atom is -0.397 e. The van der Waals surface area contributed by atoms with Crippen molar-refractivity contribution in [1.29, 1.82) is 0 Å². The molecule has 0 saturated carbocycles. The maximum atomic E-state index is 11.9. The first kappa shape index (κ1) is 14.9. The minimum absolute atomic E-state index is 0.0446. The lowest BCUT2D eigenvalue weighted by Crippen LogP contribution is -2.23. The number of hydrogen-bond donors (Lipinski definition) is 2. The second kappa shape index (κ2) is 6.75. The molecule has 0 aliphatic carbocycles. The van der Waals surface area contributed by atoms with Crippen molar-refractivity contribution in [2.75, 3.05) is 30.7 Å². The lowest BCUT2D eigenvalue weighted by molar-refractivity contribution is -0.116. The van der Waals surface area contributed by atoms with Crippen LogP contribution in [0.1, 0.15) is 26.7 Å². The van der Waals surface area contributed by atoms with Gasteiger partial charge in [0.05, 0.1) is 11.4 Å². The summed E-state index contributed by atoms with van der Waals surface area (Å²) in [6, 6.07) is 7.36. The Labute approximate surface area is 121 Å². The summed E-state index contributed by atoms with van der Waals surface area (Å²) in [6.07, 6.45) is 1.45. The zero-order valence-corrected chi connectivity index (χ0v) is 12.4. The maximum absolute atomic E-state index is 11.9. The molecule has 1 saturated heterocycles. The minimum atomic E-state index is 0.0446. The molecule has 0 aromatic heterocycles. The molecule has 1 aromatic carbocycles. The molecule has 2 atom stereocenters. The van der Waals surface area contributed by atoms with E-state index < -0.39 is 0 Å². The van der Waals surface area contributed by atoms with E-state index >= 15 is 0 Å². The van der Waals surface area contributed by atoms with Crippen molar-refractivity contribution in [1.82, 2.24) is 4.90 Å². The highest BCUT2D eigenvalue weighted by Gasteiger charge is 2.25. The molecule has 1 aromatic rings. The Bertz CT molecular complexity index is 451. The largest absolute Gasteiger partial charge is 0.397 e. The lowest BCUT2D eigenvalue weighted by atomic mass is 10.0. The van der Waals surface area contributed by atoms with Crippen molar-refractivity contribution in [3.05, 3.63) is 24.3 Å². The molecule has 0 spiro atoms. The van der Waals surface area contributed by atoms with Crippen LogP contribution in [0.25, 0.3) is 0 Å². The Morgan fingerprint density at radius 3 is 2.60 bits per heavy atom. The van der Waals surface area contributed by atoms with Crippen LogP contribution >= 0.6 is 0 Å². The Morgan fingerprint density at radius 1 is 1.30 bits per heavy atom. The molecule has 3 N–H and O–H groups in total. The SMILES string of the molecule is CC1CN(CCCC(=O)Nc2ccccc2N)CC1C. The van der Waals surface area contributed by atoms with Crippen molar-refractivity contribution in [2.45, 2.75) is 26.7 Å². The van der Waals surface area contributed by atoms with E-state index in [4.69, 9.17) is 5.73 Å². The van der Waals surface area contributed by atoms with Gasteiger partial charge >= 0.3 is 0 Å². The number of nitrogens with two attached hydrogens (primary N) is 1. The summed E-state index contributed by atoms with van der Waals surface area (Å²) in [6.45, 7) is 7.93. The maximum Gasteiger partial charge on any atom is 0.224 e. The van der Waals surface area contributed by atoms with Crippen LogP contribution in [0.4, 0.5) is 11.4 Å². The van der Waals surface area contributed by atoms with E-state index in [0.29, 0.717) is 17.8 Å². The third kappa shape index (κ3) is 3.97. The normalized spacial score (nSPS) is 22.9. The lowest BCUT2D eigenvalue weighted by Gasteiger charge is -2.15. The highest BCUT2D eigenvalue weighted by molar-refractivity contribution is 5.93. The summed E-state index contributed by atoms with van der Waals surface area (Å²) in [5.74, 6) is 1.59. The standard InChI is InChI=1S/C16H25N3O/c1-12-10-19(11-13(12)2)9-5-8-16(20)18-15-7-4-3-6-14(15)17/h3-4,6-7,12-13H,5,8-11,17H2,1-2H3,(H,18,20). The predicted octanol–water partition coefficient (Wildman–Crippen LogP) is 2.58. The van der Waals surface area contributed by atoms with Gasteiger partial charge < -0.3 is 16.0 Å². The van der Waals surface area contributed by atoms with Crippen molar-refractivity contribution < 1.29 is 4.79 Å². The molecular weight excluding hydrogens is 250 g/mol. The molecule has 2 unspecified atom stereocenters. The molecule has 2 rings (SSSR count). The van der Waals surface area contributed by atoms with Gasteiger partial charge in [-0.15, -0.1) is 0 Å². The Balaban J connectivity index is 1.70. The van der Waals surface area contributed by atoms with Crippen LogP contribution in [-0.4, -0.2) is 30.4 Å². The average Bonchev–Trinajstić information content (AvgIpc) is 2.71. The summed E-state index contributed by atoms with van der Waals surface area (Å²) in [5.41, 5.74) is 7.13. The number of likely N-dealkylation sites (tertiary alicyclic amines) is 1. The van der Waals surface area contributed by atoms with Crippen LogP contribution in [0.5, 0.6) is 0 Å². The molecule has 4 nitrogen and oxygen atoms in total. The summed E-state index contributed by atoms with van der Waals surface area (Å²) >= 11 is 0. The quantitative estimate of drug-likeness (QED) is 0.812. The highest BCUT2D eigenvalue weighted by Crippen LogP contribution is 2.22. The summed E-state index contributed by atoms with van der Waals surface area (Å²) in [5, 5.41) is 2.87. The number of nitrogens with zero attached hydrogens (tertiary/aromatic N) is 1. The van der Waals surface area contributed by atoms with Gasteiger partial charge in [0.25, 0.3) is 0 Å². The van der Waals surface area contributed by atoms with Crippen LogP contribution in [0.3, 0.4) is 0 Å². The fourth-order valence-corrected chi connectivity index (χ4v) is 2.72. The molecule has 1 fully saturated rings. The van der Waals surface area contributed by atoms with E-state index in [9.17, 15) is 4.79 Å². The zero-order valence-electron chi connectivity index (χ0n) is 12.4. The number of para-hydroxylation sites is 2. The molecule has 4 heteroatoms. The number of benzene rings is 1. The van der Waals surface area contributed by atoms with Gasteiger partial charge in [-0.05, 0) is 36.9 Å². The van der Waals surface area contributed by atoms with Gasteiger partial charge in [0.15, 0.2) is 0 Å². The van der Waals surface area contributed by atoms with E-state index in [0.717, 1.165) is 37.9 Å². The van der Waals surface area contributed by atoms with Crippen LogP contribution in [0.15, 0.2) is 24.3 Å². The molecule has 0 bridgehead atoms. The van der Waals surface area contributed by atoms with E-state index in [1.165, 1.54) is 0 Å². The topological polar surface area (TPSA) is 58.4 Å². The highest BCUT2D eigenvalue weighted by atomic mass is 16.1. The number of amides is 1. The van der Waals surface area contributed by atoms with Crippen LogP contribution < -0.4 is 11.1 Å². The smallest absolute Gasteiger partial charge is 0.224 e. The molecule has 1 heterocycles. The van der Waals surface area contributed by atoms with E-state index in [-0.39, 0.29) is 5.91 Å². The van der Waals surface area contributed by atoms with Gasteiger partial charge in [0.2, 0.25) is 5.91 Å². The second-order valence-electron chi connectivity index (χ2n) is 5.95. The molecular formula is C16H25N3O. The van der Waals surface area contributed by atoms with Gasteiger partial charge in [-0.1, -0.05) is 26.0 Å². The van der Waals surface area contributed by atoms with E-state index in [1.807, 2.05) is 18.2 Å². The van der Waals surface area contributed by atoms with Gasteiger partial charge in [-0.3, -0.25) is 4.79 Å². The van der Waals surface area contributed by atoms with Crippen molar-refractivity contribution in [3.8, 4) is 0 Å². The molecule has 0 radical (unpaired) electrons. The Morgan fingerprint density at radius 2 is 1.95 bits per heavy atom. The first-order valence-electron chi connectivity index (χ1n) is 7.43. The summed E-state index contributed by atoms with van der Waals surface area (Å²) < 4.78 is 0. The van der Waals surface area contributed by atoms with Gasteiger partial charge in [0, 0.05) is 19.5 Å². The first-order chi connectivity index (χ1) is 9.56. The first-order valence-corrected chi connectivity index (χ1v) is 7.43. The molecule has 1 aliphatic rings. The number of carbonyl (C=O) groups excluding carboxylic acids is 1. The summed E-state index contributed by atoms with van der Waals surface area (Å²) in [4.78, 5) is 14.3. The van der Waals surface area contributed by atoms with Gasteiger partial charge in [-0.25, -0.2) is 0 Å². The van der Waals surface area contributed by atoms with E-state index in [2.05, 4.69) is 24.1 Å². The fraction of sp³-hybridized carbons (Fsp3) is 0.562. The predicted molar refractivity (Wildman–Crippen MR) is 83.5 cm³/mol. The third-order valence-corrected chi connectivity index (χ3v) is 4.18. The average molecular weight is 275 g/mol. The number of anilines is 2. The van der Waals surface area contributed by atoms with Crippen molar-refractivity contribution >= 4 is 17.3 Å². The molecule has 1 aliphatic heterocycles. The number of nitrogen functional groups attached to an aromatic ring is 1. The second-order valence-corrected chi connectivity index (χ2v) is 5.95. The third-order valence-electron chi connectivity index (χ3n) is 4.18. The van der Waals surface area contributed by atoms with Crippen molar-refractivity contribution in [3.63, 3.8) is 0 Å². The monoisotopic (exact) mass is 275 g/mol. The Kier molecular flexibility index (Phi) is 5.01.